The number of aromatic nitrogens is 2. The molecule has 3 nitrogen and oxygen atoms in total. The fourth-order valence-electron chi connectivity index (χ4n) is 2.77. The van der Waals surface area contributed by atoms with Crippen molar-refractivity contribution >= 4 is 5.65 Å². The Morgan fingerprint density at radius 2 is 2.05 bits per heavy atom. The number of nitrogens with one attached hydrogen (secondary N) is 1. The van der Waals surface area contributed by atoms with E-state index in [0.717, 1.165) is 17.9 Å². The maximum Gasteiger partial charge on any atom is 0.137 e. The van der Waals surface area contributed by atoms with Gasteiger partial charge in [0.25, 0.3) is 0 Å². The van der Waals surface area contributed by atoms with Gasteiger partial charge >= 0.3 is 0 Å². The van der Waals surface area contributed by atoms with E-state index in [-0.39, 0.29) is 0 Å². The van der Waals surface area contributed by atoms with Crippen LogP contribution in [-0.4, -0.2) is 15.4 Å². The minimum Gasteiger partial charge on any atom is -0.308 e. The molecule has 0 aliphatic heterocycles. The van der Waals surface area contributed by atoms with Crippen LogP contribution in [0.1, 0.15) is 57.3 Å². The molecule has 0 aromatic carbocycles. The van der Waals surface area contributed by atoms with Crippen molar-refractivity contribution in [3.8, 4) is 0 Å². The monoisotopic (exact) mass is 273 g/mol. The van der Waals surface area contributed by atoms with E-state index in [9.17, 15) is 0 Å². The number of unbranched alkanes of at least 4 members (excludes halogenated alkanes) is 1. The molecule has 0 amide bonds. The van der Waals surface area contributed by atoms with Gasteiger partial charge in [0.15, 0.2) is 0 Å². The zero-order valence-corrected chi connectivity index (χ0v) is 13.0. The lowest BCUT2D eigenvalue weighted by molar-refractivity contribution is 0.430. The summed E-state index contributed by atoms with van der Waals surface area (Å²) in [5.74, 6) is 0. The number of hydrogen-bond acceptors (Lipinski definition) is 2. The number of fused-ring (bicyclic) bond motifs is 1. The molecular formula is C17H27N3. The predicted octanol–water partition coefficient (Wildman–Crippen LogP) is 4.09. The smallest absolute Gasteiger partial charge is 0.137 e. The molecule has 110 valence electrons. The molecule has 0 fully saturated rings. The van der Waals surface area contributed by atoms with E-state index in [2.05, 4.69) is 53.8 Å². The van der Waals surface area contributed by atoms with Crippen LogP contribution in [0.4, 0.5) is 0 Å². The van der Waals surface area contributed by atoms with Gasteiger partial charge in [0.1, 0.15) is 5.65 Å². The Morgan fingerprint density at radius 3 is 2.80 bits per heavy atom. The summed E-state index contributed by atoms with van der Waals surface area (Å²) in [5.41, 5.74) is 3.47. The Hall–Kier alpha value is -1.35. The summed E-state index contributed by atoms with van der Waals surface area (Å²) in [5, 5.41) is 3.73. The number of rotatable bonds is 8. The Bertz CT molecular complexity index is 530. The number of imidazole rings is 1. The fraction of sp³-hybridized carbons (Fsp3) is 0.588. The predicted molar refractivity (Wildman–Crippen MR) is 85.0 cm³/mol. The summed E-state index contributed by atoms with van der Waals surface area (Å²) in [6.45, 7) is 7.54. The van der Waals surface area contributed by atoms with Crippen LogP contribution in [0.15, 0.2) is 24.4 Å². The first-order valence-corrected chi connectivity index (χ1v) is 7.92. The van der Waals surface area contributed by atoms with Gasteiger partial charge in [-0.05, 0) is 31.9 Å². The van der Waals surface area contributed by atoms with Gasteiger partial charge in [-0.25, -0.2) is 4.98 Å². The highest BCUT2D eigenvalue weighted by molar-refractivity contribution is 5.42. The number of hydrogen-bond donors (Lipinski definition) is 1. The van der Waals surface area contributed by atoms with Crippen molar-refractivity contribution in [2.45, 2.75) is 65.5 Å². The Balaban J connectivity index is 2.05. The zero-order chi connectivity index (χ0) is 14.4. The van der Waals surface area contributed by atoms with Gasteiger partial charge in [-0.3, -0.25) is 0 Å². The van der Waals surface area contributed by atoms with Crippen molar-refractivity contribution in [2.75, 3.05) is 0 Å². The van der Waals surface area contributed by atoms with Crippen molar-refractivity contribution in [2.24, 2.45) is 0 Å². The summed E-state index contributed by atoms with van der Waals surface area (Å²) in [6, 6.07) is 6.81. The van der Waals surface area contributed by atoms with Gasteiger partial charge < -0.3 is 9.72 Å². The summed E-state index contributed by atoms with van der Waals surface area (Å²) in [6.07, 6.45) is 8.47. The molecule has 2 rings (SSSR count). The van der Waals surface area contributed by atoms with Crippen LogP contribution in [-0.2, 0) is 6.54 Å². The molecule has 1 atom stereocenters. The molecule has 2 heterocycles. The summed E-state index contributed by atoms with van der Waals surface area (Å²) >= 11 is 0. The first-order valence-electron chi connectivity index (χ1n) is 7.92. The lowest BCUT2D eigenvalue weighted by atomic mass is 10.1. The molecule has 3 heteroatoms. The fourth-order valence-corrected chi connectivity index (χ4v) is 2.77. The van der Waals surface area contributed by atoms with Crippen LogP contribution < -0.4 is 5.32 Å². The average Bonchev–Trinajstić information content (AvgIpc) is 2.77. The van der Waals surface area contributed by atoms with Crippen molar-refractivity contribution in [3.05, 3.63) is 35.8 Å². The number of pyridine rings is 1. The maximum absolute atomic E-state index is 4.62. The van der Waals surface area contributed by atoms with Crippen LogP contribution in [0, 0.1) is 6.92 Å². The molecule has 0 aliphatic rings. The first-order chi connectivity index (χ1) is 9.76. The van der Waals surface area contributed by atoms with E-state index in [0.29, 0.717) is 6.04 Å². The Morgan fingerprint density at radius 1 is 1.20 bits per heavy atom. The van der Waals surface area contributed by atoms with Crippen molar-refractivity contribution in [3.63, 3.8) is 0 Å². The van der Waals surface area contributed by atoms with Crippen molar-refractivity contribution < 1.29 is 0 Å². The minimum atomic E-state index is 0.633. The Kier molecular flexibility index (Phi) is 5.60. The van der Waals surface area contributed by atoms with E-state index in [1.165, 1.54) is 37.8 Å². The van der Waals surface area contributed by atoms with E-state index >= 15 is 0 Å². The molecule has 2 aromatic heterocycles. The standard InChI is InChI=1S/C17H27N3/c1-4-6-10-15(9-5-2)18-13-16-14(3)19-17-11-7-8-12-20(16)17/h7-8,11-12,15,18H,4-6,9-10,13H2,1-3H3. The SMILES string of the molecule is CCCCC(CCC)NCc1c(C)nc2ccccn12. The van der Waals surface area contributed by atoms with Gasteiger partial charge in [0.2, 0.25) is 0 Å². The van der Waals surface area contributed by atoms with Gasteiger partial charge in [-0.1, -0.05) is 39.2 Å². The van der Waals surface area contributed by atoms with Gasteiger partial charge in [0, 0.05) is 18.8 Å². The highest BCUT2D eigenvalue weighted by Crippen LogP contribution is 2.13. The number of nitrogens with zero attached hydrogens (tertiary/aromatic N) is 2. The van der Waals surface area contributed by atoms with Crippen LogP contribution in [0.5, 0.6) is 0 Å². The largest absolute Gasteiger partial charge is 0.308 e. The second-order valence-electron chi connectivity index (χ2n) is 5.58. The molecular weight excluding hydrogens is 246 g/mol. The first kappa shape index (κ1) is 15.0. The average molecular weight is 273 g/mol. The molecule has 0 radical (unpaired) electrons. The Labute approximate surface area is 122 Å². The highest BCUT2D eigenvalue weighted by Gasteiger charge is 2.11. The maximum atomic E-state index is 4.62. The third-order valence-corrected chi connectivity index (χ3v) is 3.93. The minimum absolute atomic E-state index is 0.633. The van der Waals surface area contributed by atoms with Gasteiger partial charge in [-0.15, -0.1) is 0 Å². The molecule has 0 saturated heterocycles. The van der Waals surface area contributed by atoms with Crippen molar-refractivity contribution in [1.82, 2.24) is 14.7 Å². The third-order valence-electron chi connectivity index (χ3n) is 3.93. The molecule has 1 N–H and O–H groups in total. The van der Waals surface area contributed by atoms with E-state index in [1.54, 1.807) is 0 Å². The van der Waals surface area contributed by atoms with E-state index < -0.39 is 0 Å². The lowest BCUT2D eigenvalue weighted by Crippen LogP contribution is -2.29. The molecule has 0 bridgehead atoms. The molecule has 1 unspecified atom stereocenters. The third kappa shape index (κ3) is 3.60. The highest BCUT2D eigenvalue weighted by atomic mass is 15.0. The second-order valence-corrected chi connectivity index (χ2v) is 5.58. The van der Waals surface area contributed by atoms with E-state index in [4.69, 9.17) is 0 Å². The normalized spacial score (nSPS) is 12.9. The zero-order valence-electron chi connectivity index (χ0n) is 13.0. The second kappa shape index (κ2) is 7.44. The quantitative estimate of drug-likeness (QED) is 0.785. The molecule has 2 aromatic rings. The summed E-state index contributed by atoms with van der Waals surface area (Å²) in [7, 11) is 0. The van der Waals surface area contributed by atoms with Crippen LogP contribution in [0.3, 0.4) is 0 Å². The molecule has 0 aliphatic carbocycles. The topological polar surface area (TPSA) is 29.3 Å². The van der Waals surface area contributed by atoms with Gasteiger partial charge in [-0.2, -0.15) is 0 Å². The lowest BCUT2D eigenvalue weighted by Gasteiger charge is -2.18. The van der Waals surface area contributed by atoms with Crippen LogP contribution >= 0.6 is 0 Å². The van der Waals surface area contributed by atoms with Crippen molar-refractivity contribution in [1.29, 1.82) is 0 Å². The van der Waals surface area contributed by atoms with Gasteiger partial charge in [0.05, 0.1) is 11.4 Å². The molecule has 0 spiro atoms. The molecule has 20 heavy (non-hydrogen) atoms. The number of aryl methyl sites for hydroxylation is 1. The van der Waals surface area contributed by atoms with Crippen LogP contribution in [0.2, 0.25) is 0 Å². The molecule has 0 saturated carbocycles. The van der Waals surface area contributed by atoms with E-state index in [1.807, 2.05) is 6.07 Å². The summed E-state index contributed by atoms with van der Waals surface area (Å²) in [4.78, 5) is 4.62. The van der Waals surface area contributed by atoms with Crippen LogP contribution in [0.25, 0.3) is 5.65 Å². The summed E-state index contributed by atoms with van der Waals surface area (Å²) < 4.78 is 2.20.